The number of rotatable bonds is 0. The summed E-state index contributed by atoms with van der Waals surface area (Å²) in [7, 11) is 0. The van der Waals surface area contributed by atoms with E-state index in [9.17, 15) is 9.18 Å². The van der Waals surface area contributed by atoms with E-state index in [1.54, 1.807) is 24.4 Å². The van der Waals surface area contributed by atoms with Gasteiger partial charge in [-0.05, 0) is 55.5 Å². The minimum absolute atomic E-state index is 0.187. The van der Waals surface area contributed by atoms with E-state index in [4.69, 9.17) is 16.6 Å². The van der Waals surface area contributed by atoms with Gasteiger partial charge in [0, 0.05) is 35.8 Å². The maximum atomic E-state index is 14.9. The van der Waals surface area contributed by atoms with E-state index < -0.39 is 6.30 Å². The summed E-state index contributed by atoms with van der Waals surface area (Å²) >= 11 is 6.46. The number of nitrogens with zero attached hydrogens (tertiary/aromatic N) is 2. The van der Waals surface area contributed by atoms with Gasteiger partial charge >= 0.3 is 0 Å². The third kappa shape index (κ3) is 4.93. The Hall–Kier alpha value is -3.19. The smallest absolute Gasteiger partial charge is 0.225 e. The molecule has 2 aromatic heterocycles. The van der Waals surface area contributed by atoms with E-state index in [0.29, 0.717) is 35.8 Å². The summed E-state index contributed by atoms with van der Waals surface area (Å²) in [6.45, 7) is 0.464. The summed E-state index contributed by atoms with van der Waals surface area (Å²) in [5, 5.41) is 9.84. The molecule has 6 rings (SSSR count). The Morgan fingerprint density at radius 3 is 2.64 bits per heavy atom. The van der Waals surface area contributed by atoms with Gasteiger partial charge in [0.05, 0.1) is 10.7 Å². The molecule has 4 heterocycles. The molecule has 1 aromatic carbocycles. The minimum atomic E-state index is -1.54. The molecule has 0 radical (unpaired) electrons. The zero-order valence-electron chi connectivity index (χ0n) is 18.0. The highest BCUT2D eigenvalue weighted by Gasteiger charge is 2.28. The molecular formula is C25H25ClFN5O. The number of pyridine rings is 2. The largest absolute Gasteiger partial charge is 0.367 e. The summed E-state index contributed by atoms with van der Waals surface area (Å²) in [5.74, 6) is 0.990. The molecule has 1 saturated carbocycles. The van der Waals surface area contributed by atoms with Crippen molar-refractivity contribution in [2.75, 3.05) is 10.6 Å². The summed E-state index contributed by atoms with van der Waals surface area (Å²) in [4.78, 5) is 21.8. The van der Waals surface area contributed by atoms with Gasteiger partial charge in [0.25, 0.3) is 0 Å². The fourth-order valence-corrected chi connectivity index (χ4v) is 4.69. The number of nitrogens with one attached hydrogen (secondary N) is 3. The number of halogens is 2. The van der Waals surface area contributed by atoms with Crippen LogP contribution in [0.15, 0.2) is 54.7 Å². The van der Waals surface area contributed by atoms with Gasteiger partial charge in [0.15, 0.2) is 6.30 Å². The number of benzene rings is 1. The lowest BCUT2D eigenvalue weighted by atomic mass is 9.85. The first-order valence-corrected chi connectivity index (χ1v) is 11.6. The lowest BCUT2D eigenvalue weighted by Gasteiger charge is -2.29. The second kappa shape index (κ2) is 9.35. The lowest BCUT2D eigenvalue weighted by molar-refractivity contribution is -0.127. The normalized spacial score (nSPS) is 22.7. The molecule has 1 unspecified atom stereocenters. The predicted octanol–water partition coefficient (Wildman–Crippen LogP) is 5.48. The molecule has 3 N–H and O–H groups in total. The van der Waals surface area contributed by atoms with Crippen molar-refractivity contribution >= 4 is 29.1 Å². The van der Waals surface area contributed by atoms with Gasteiger partial charge in [0.1, 0.15) is 11.6 Å². The zero-order valence-corrected chi connectivity index (χ0v) is 18.8. The van der Waals surface area contributed by atoms with Crippen molar-refractivity contribution in [3.63, 3.8) is 0 Å². The van der Waals surface area contributed by atoms with Crippen molar-refractivity contribution in [3.8, 4) is 11.3 Å². The molecule has 8 bridgehead atoms. The Bertz CT molecular complexity index is 1170. The topological polar surface area (TPSA) is 78.9 Å². The van der Waals surface area contributed by atoms with Gasteiger partial charge < -0.3 is 16.0 Å². The van der Waals surface area contributed by atoms with Gasteiger partial charge in [-0.25, -0.2) is 14.4 Å². The number of fused-ring (bicyclic) bond motifs is 5. The van der Waals surface area contributed by atoms with E-state index in [2.05, 4.69) is 20.9 Å². The summed E-state index contributed by atoms with van der Waals surface area (Å²) in [6, 6.07) is 15.0. The van der Waals surface area contributed by atoms with Crippen molar-refractivity contribution in [1.82, 2.24) is 15.3 Å². The van der Waals surface area contributed by atoms with E-state index in [1.807, 2.05) is 30.3 Å². The van der Waals surface area contributed by atoms with Crippen molar-refractivity contribution in [2.24, 2.45) is 5.92 Å². The minimum Gasteiger partial charge on any atom is -0.367 e. The molecule has 0 spiro atoms. The maximum Gasteiger partial charge on any atom is 0.225 e. The van der Waals surface area contributed by atoms with E-state index in [0.717, 1.165) is 35.5 Å². The Balaban J connectivity index is 1.49. The van der Waals surface area contributed by atoms with Crippen LogP contribution in [0.3, 0.4) is 0 Å². The second-order valence-corrected chi connectivity index (χ2v) is 9.03. The molecule has 1 atom stereocenters. The SMILES string of the molecule is O=C1NC(F)c2cccc(c2)CNc2cccc(n2)-c2cc(ncc2Cl)NC2CCC1CC2. The highest BCUT2D eigenvalue weighted by Crippen LogP contribution is 2.32. The first-order valence-electron chi connectivity index (χ1n) is 11.2. The number of anilines is 2. The number of aromatic nitrogens is 2. The van der Waals surface area contributed by atoms with Crippen LogP contribution in [0.5, 0.6) is 0 Å². The van der Waals surface area contributed by atoms with Crippen LogP contribution in [-0.2, 0) is 11.3 Å². The number of carbonyl (C=O) groups is 1. The quantitative estimate of drug-likeness (QED) is 0.383. The van der Waals surface area contributed by atoms with Gasteiger partial charge in [-0.2, -0.15) is 0 Å². The maximum absolute atomic E-state index is 14.9. The fraction of sp³-hybridized carbons (Fsp3) is 0.320. The highest BCUT2D eigenvalue weighted by molar-refractivity contribution is 6.33. The average molecular weight is 466 g/mol. The predicted molar refractivity (Wildman–Crippen MR) is 128 cm³/mol. The molecule has 170 valence electrons. The monoisotopic (exact) mass is 465 g/mol. The number of amides is 1. The molecular weight excluding hydrogens is 441 g/mol. The van der Waals surface area contributed by atoms with Crippen LogP contribution in [0.2, 0.25) is 5.02 Å². The Morgan fingerprint density at radius 1 is 0.970 bits per heavy atom. The van der Waals surface area contributed by atoms with Crippen LogP contribution >= 0.6 is 11.6 Å². The van der Waals surface area contributed by atoms with Crippen LogP contribution in [0.25, 0.3) is 11.3 Å². The van der Waals surface area contributed by atoms with Crippen LogP contribution in [0.1, 0.15) is 43.1 Å². The third-order valence-corrected chi connectivity index (χ3v) is 6.62. The molecule has 1 fully saturated rings. The zero-order chi connectivity index (χ0) is 22.8. The van der Waals surface area contributed by atoms with Gasteiger partial charge in [-0.3, -0.25) is 4.79 Å². The number of alkyl halides is 1. The molecule has 1 amide bonds. The van der Waals surface area contributed by atoms with Gasteiger partial charge in [-0.15, -0.1) is 0 Å². The number of hydrogen-bond donors (Lipinski definition) is 3. The van der Waals surface area contributed by atoms with Crippen LogP contribution in [0, 0.1) is 5.92 Å². The molecule has 1 aliphatic carbocycles. The molecule has 3 aromatic rings. The Labute approximate surface area is 197 Å². The van der Waals surface area contributed by atoms with Crippen LogP contribution in [0.4, 0.5) is 16.0 Å². The fourth-order valence-electron chi connectivity index (χ4n) is 4.49. The van der Waals surface area contributed by atoms with Gasteiger partial charge in [-0.1, -0.05) is 35.9 Å². The Kier molecular flexibility index (Phi) is 6.13. The number of hydrogen-bond acceptors (Lipinski definition) is 5. The first kappa shape index (κ1) is 21.6. The molecule has 8 heteroatoms. The van der Waals surface area contributed by atoms with Crippen molar-refractivity contribution in [3.05, 3.63) is 70.9 Å². The average Bonchev–Trinajstić information content (AvgIpc) is 2.84. The number of carbonyl (C=O) groups excluding carboxylic acids is 1. The standard InChI is InChI=1S/C25H25ClFN5O/c26-20-14-29-23-12-19(20)21-5-2-6-22(31-21)28-13-15-3-1-4-17(11-15)24(27)32-25(33)16-7-9-18(30-23)10-8-16/h1-6,11-12,14,16,18,24H,7-10,13H2,(H,28,31)(H,29,30)(H,32,33). The lowest BCUT2D eigenvalue weighted by Crippen LogP contribution is -2.36. The van der Waals surface area contributed by atoms with Crippen molar-refractivity contribution in [2.45, 2.75) is 44.6 Å². The van der Waals surface area contributed by atoms with E-state index in [-0.39, 0.29) is 17.9 Å². The summed E-state index contributed by atoms with van der Waals surface area (Å²) in [5.41, 5.74) is 2.87. The molecule has 0 saturated heterocycles. The van der Waals surface area contributed by atoms with Crippen LogP contribution < -0.4 is 16.0 Å². The van der Waals surface area contributed by atoms with Crippen molar-refractivity contribution in [1.29, 1.82) is 0 Å². The van der Waals surface area contributed by atoms with Crippen LogP contribution in [-0.4, -0.2) is 21.9 Å². The Morgan fingerprint density at radius 2 is 1.79 bits per heavy atom. The van der Waals surface area contributed by atoms with E-state index in [1.165, 1.54) is 0 Å². The van der Waals surface area contributed by atoms with E-state index >= 15 is 0 Å². The van der Waals surface area contributed by atoms with Gasteiger partial charge in [0.2, 0.25) is 5.91 Å². The van der Waals surface area contributed by atoms with Crippen molar-refractivity contribution < 1.29 is 9.18 Å². The molecule has 2 aliphatic heterocycles. The highest BCUT2D eigenvalue weighted by atomic mass is 35.5. The third-order valence-electron chi connectivity index (χ3n) is 6.32. The second-order valence-electron chi connectivity index (χ2n) is 8.62. The first-order chi connectivity index (χ1) is 16.0. The molecule has 33 heavy (non-hydrogen) atoms. The summed E-state index contributed by atoms with van der Waals surface area (Å²) in [6.07, 6.45) is 3.11. The summed E-state index contributed by atoms with van der Waals surface area (Å²) < 4.78 is 14.9. The molecule has 3 aliphatic rings. The molecule has 6 nitrogen and oxygen atoms in total.